The van der Waals surface area contributed by atoms with Crippen LogP contribution in [0.2, 0.25) is 0 Å². The number of fused-ring (bicyclic) bond motifs is 1. The lowest BCUT2D eigenvalue weighted by Gasteiger charge is -2.12. The van der Waals surface area contributed by atoms with Gasteiger partial charge in [0.05, 0.1) is 22.5 Å². The molecule has 1 atom stereocenters. The molecule has 2 aromatic carbocycles. The first-order valence-corrected chi connectivity index (χ1v) is 10.6. The Bertz CT molecular complexity index is 1250. The minimum atomic E-state index is -0.220. The van der Waals surface area contributed by atoms with E-state index in [-0.39, 0.29) is 5.25 Å². The molecule has 4 rings (SSSR count). The maximum atomic E-state index is 9.21. The largest absolute Gasteiger partial charge is 0.298 e. The number of aromatic nitrogens is 4. The van der Waals surface area contributed by atoms with Crippen molar-refractivity contribution in [3.8, 4) is 28.7 Å². The van der Waals surface area contributed by atoms with Gasteiger partial charge in [-0.1, -0.05) is 65.9 Å². The standard InChI is InChI=1S/C24H21N5S/c1-4-13-29-23(27-28-24(29)30-17(3)15-25)20-14-22(18-11-9-16(2)10-12-18)26-21-8-6-5-7-19(20)21/h4-12,14,17H,1,13H2,2-3H3. The highest BCUT2D eigenvalue weighted by molar-refractivity contribution is 8.00. The third-order valence-corrected chi connectivity index (χ3v) is 5.77. The molecule has 0 aliphatic heterocycles. The molecular formula is C24H21N5S. The van der Waals surface area contributed by atoms with Crippen LogP contribution in [0.1, 0.15) is 12.5 Å². The molecule has 0 spiro atoms. The molecule has 0 saturated carbocycles. The van der Waals surface area contributed by atoms with Gasteiger partial charge in [0.15, 0.2) is 11.0 Å². The topological polar surface area (TPSA) is 67.4 Å². The third kappa shape index (κ3) is 3.85. The number of hydrogen-bond donors (Lipinski definition) is 0. The molecular weight excluding hydrogens is 390 g/mol. The van der Waals surface area contributed by atoms with Crippen LogP contribution in [-0.2, 0) is 6.54 Å². The maximum absolute atomic E-state index is 9.21. The van der Waals surface area contributed by atoms with Gasteiger partial charge in [-0.25, -0.2) is 4.98 Å². The number of para-hydroxylation sites is 1. The Labute approximate surface area is 180 Å². The van der Waals surface area contributed by atoms with Crippen molar-refractivity contribution in [2.75, 3.05) is 0 Å². The number of aryl methyl sites for hydroxylation is 1. The second-order valence-corrected chi connectivity index (χ2v) is 8.34. The summed E-state index contributed by atoms with van der Waals surface area (Å²) in [5.41, 5.74) is 5.01. The fourth-order valence-corrected chi connectivity index (χ4v) is 4.03. The van der Waals surface area contributed by atoms with E-state index in [1.807, 2.05) is 41.8 Å². The van der Waals surface area contributed by atoms with Crippen molar-refractivity contribution < 1.29 is 0 Å². The first kappa shape index (κ1) is 19.9. The van der Waals surface area contributed by atoms with Crippen molar-refractivity contribution in [1.82, 2.24) is 19.7 Å². The molecule has 148 valence electrons. The van der Waals surface area contributed by atoms with Gasteiger partial charge in [-0.05, 0) is 26.0 Å². The maximum Gasteiger partial charge on any atom is 0.193 e. The lowest BCUT2D eigenvalue weighted by molar-refractivity contribution is 0.730. The summed E-state index contributed by atoms with van der Waals surface area (Å²) in [5.74, 6) is 0.745. The fourth-order valence-electron chi connectivity index (χ4n) is 3.29. The normalized spacial score (nSPS) is 11.9. The second kappa shape index (κ2) is 8.52. The van der Waals surface area contributed by atoms with Crippen LogP contribution in [0.15, 0.2) is 72.4 Å². The Morgan fingerprint density at radius 3 is 2.67 bits per heavy atom. The molecule has 0 amide bonds. The van der Waals surface area contributed by atoms with Gasteiger partial charge in [0.2, 0.25) is 0 Å². The van der Waals surface area contributed by atoms with Crippen molar-refractivity contribution in [2.24, 2.45) is 0 Å². The molecule has 0 N–H and O–H groups in total. The van der Waals surface area contributed by atoms with Crippen molar-refractivity contribution in [1.29, 1.82) is 5.26 Å². The molecule has 5 nitrogen and oxygen atoms in total. The minimum absolute atomic E-state index is 0.220. The van der Waals surface area contributed by atoms with E-state index in [9.17, 15) is 5.26 Å². The van der Waals surface area contributed by atoms with E-state index < -0.39 is 0 Å². The summed E-state index contributed by atoms with van der Waals surface area (Å²) in [6, 6.07) is 20.7. The first-order chi connectivity index (χ1) is 14.6. The van der Waals surface area contributed by atoms with E-state index in [1.54, 1.807) is 0 Å². The summed E-state index contributed by atoms with van der Waals surface area (Å²) in [7, 11) is 0. The van der Waals surface area contributed by atoms with Crippen LogP contribution in [0.3, 0.4) is 0 Å². The van der Waals surface area contributed by atoms with Gasteiger partial charge in [-0.15, -0.1) is 16.8 Å². The van der Waals surface area contributed by atoms with E-state index in [1.165, 1.54) is 17.3 Å². The molecule has 0 saturated heterocycles. The molecule has 2 aromatic heterocycles. The monoisotopic (exact) mass is 411 g/mol. The summed E-state index contributed by atoms with van der Waals surface area (Å²) in [5, 5.41) is 19.6. The Balaban J connectivity index is 1.93. The van der Waals surface area contributed by atoms with Gasteiger partial charge < -0.3 is 0 Å². The van der Waals surface area contributed by atoms with Crippen LogP contribution in [-0.4, -0.2) is 25.0 Å². The predicted molar refractivity (Wildman–Crippen MR) is 122 cm³/mol. The molecule has 0 radical (unpaired) electrons. The number of pyridine rings is 1. The fraction of sp³-hybridized carbons (Fsp3) is 0.167. The second-order valence-electron chi connectivity index (χ2n) is 7.03. The van der Waals surface area contributed by atoms with Crippen molar-refractivity contribution in [3.63, 3.8) is 0 Å². The molecule has 0 bridgehead atoms. The van der Waals surface area contributed by atoms with Crippen molar-refractivity contribution >= 4 is 22.7 Å². The summed E-state index contributed by atoms with van der Waals surface area (Å²) in [6.07, 6.45) is 1.82. The number of thioether (sulfide) groups is 1. The summed E-state index contributed by atoms with van der Waals surface area (Å²) < 4.78 is 2.01. The Hall–Kier alpha value is -3.43. The third-order valence-electron chi connectivity index (χ3n) is 4.80. The average Bonchev–Trinajstić information content (AvgIpc) is 3.15. The quantitative estimate of drug-likeness (QED) is 0.302. The van der Waals surface area contributed by atoms with Gasteiger partial charge in [0, 0.05) is 23.1 Å². The minimum Gasteiger partial charge on any atom is -0.298 e. The van der Waals surface area contributed by atoms with Crippen LogP contribution in [0.4, 0.5) is 0 Å². The van der Waals surface area contributed by atoms with Gasteiger partial charge in [0.25, 0.3) is 0 Å². The van der Waals surface area contributed by atoms with E-state index in [0.29, 0.717) is 11.7 Å². The predicted octanol–water partition coefficient (Wildman–Crippen LogP) is 5.66. The Kier molecular flexibility index (Phi) is 5.64. The van der Waals surface area contributed by atoms with Crippen LogP contribution < -0.4 is 0 Å². The van der Waals surface area contributed by atoms with Crippen molar-refractivity contribution in [2.45, 2.75) is 30.8 Å². The molecule has 30 heavy (non-hydrogen) atoms. The molecule has 1 unspecified atom stereocenters. The zero-order valence-corrected chi connectivity index (χ0v) is 17.7. The summed E-state index contributed by atoms with van der Waals surface area (Å²) in [6.45, 7) is 8.37. The van der Waals surface area contributed by atoms with Crippen LogP contribution in [0, 0.1) is 18.3 Å². The summed E-state index contributed by atoms with van der Waals surface area (Å²) in [4.78, 5) is 4.88. The lowest BCUT2D eigenvalue weighted by Crippen LogP contribution is -2.03. The molecule has 0 fully saturated rings. The highest BCUT2D eigenvalue weighted by Crippen LogP contribution is 2.33. The molecule has 0 aliphatic carbocycles. The van der Waals surface area contributed by atoms with E-state index in [0.717, 1.165) is 33.5 Å². The molecule has 0 aliphatic rings. The first-order valence-electron chi connectivity index (χ1n) is 9.68. The lowest BCUT2D eigenvalue weighted by atomic mass is 10.0. The van der Waals surface area contributed by atoms with Gasteiger partial charge >= 0.3 is 0 Å². The van der Waals surface area contributed by atoms with Gasteiger partial charge in [-0.2, -0.15) is 5.26 Å². The van der Waals surface area contributed by atoms with Crippen molar-refractivity contribution in [3.05, 3.63) is 72.8 Å². The molecule has 6 heteroatoms. The van der Waals surface area contributed by atoms with Gasteiger partial charge in [0.1, 0.15) is 0 Å². The smallest absolute Gasteiger partial charge is 0.193 e. The molecule has 4 aromatic rings. The van der Waals surface area contributed by atoms with E-state index in [2.05, 4.69) is 60.1 Å². The van der Waals surface area contributed by atoms with Gasteiger partial charge in [-0.3, -0.25) is 4.57 Å². The average molecular weight is 412 g/mol. The van der Waals surface area contributed by atoms with Crippen LogP contribution in [0.5, 0.6) is 0 Å². The number of rotatable bonds is 6. The van der Waals surface area contributed by atoms with Crippen LogP contribution >= 0.6 is 11.8 Å². The number of nitrogens with zero attached hydrogens (tertiary/aromatic N) is 5. The Morgan fingerprint density at radius 1 is 1.17 bits per heavy atom. The SMILES string of the molecule is C=CCn1c(SC(C)C#N)nnc1-c1cc(-c2ccc(C)cc2)nc2ccccc12. The summed E-state index contributed by atoms with van der Waals surface area (Å²) >= 11 is 1.40. The van der Waals surface area contributed by atoms with E-state index >= 15 is 0 Å². The highest BCUT2D eigenvalue weighted by atomic mass is 32.2. The zero-order chi connectivity index (χ0) is 21.1. The number of benzene rings is 2. The van der Waals surface area contributed by atoms with E-state index in [4.69, 9.17) is 4.98 Å². The van der Waals surface area contributed by atoms with Crippen LogP contribution in [0.25, 0.3) is 33.5 Å². The number of hydrogen-bond acceptors (Lipinski definition) is 5. The highest BCUT2D eigenvalue weighted by Gasteiger charge is 2.19. The number of allylic oxidation sites excluding steroid dienone is 1. The molecule has 2 heterocycles. The Morgan fingerprint density at radius 2 is 1.93 bits per heavy atom. The number of nitriles is 1. The zero-order valence-electron chi connectivity index (χ0n) is 16.9.